The van der Waals surface area contributed by atoms with E-state index in [0.717, 1.165) is 0 Å². The maximum absolute atomic E-state index is 12.3. The van der Waals surface area contributed by atoms with Crippen LogP contribution in [0, 0.1) is 0 Å². The number of aliphatic hydroxyl groups excluding tert-OH is 1. The first-order valence-electron chi connectivity index (χ1n) is 7.14. The van der Waals surface area contributed by atoms with Crippen LogP contribution in [-0.2, 0) is 6.54 Å². The quantitative estimate of drug-likeness (QED) is 0.780. The molecule has 0 fully saturated rings. The van der Waals surface area contributed by atoms with Crippen molar-refractivity contribution in [1.82, 2.24) is 9.55 Å². The van der Waals surface area contributed by atoms with Gasteiger partial charge in [0.15, 0.2) is 0 Å². The molecule has 0 spiro atoms. The van der Waals surface area contributed by atoms with Crippen LogP contribution in [0.2, 0.25) is 5.02 Å². The third-order valence-electron chi connectivity index (χ3n) is 3.39. The molecule has 2 aromatic carbocycles. The molecule has 1 N–H and O–H groups in total. The second-order valence-electron chi connectivity index (χ2n) is 5.14. The third-order valence-corrected chi connectivity index (χ3v) is 3.65. The van der Waals surface area contributed by atoms with Gasteiger partial charge in [0.05, 0.1) is 23.8 Å². The lowest BCUT2D eigenvalue weighted by Crippen LogP contribution is -2.30. The Morgan fingerprint density at radius 2 is 1.91 bits per heavy atom. The number of rotatable bonds is 5. The molecule has 0 aliphatic heterocycles. The summed E-state index contributed by atoms with van der Waals surface area (Å²) in [5.41, 5.74) is 0.460. The standard InChI is InChI=1S/C17H15ClN2O3/c18-12-5-7-14(8-6-12)23-10-13(21)9-20-11-19-16-4-2-1-3-15(16)17(20)22/h1-8,11,13,21H,9-10H2/t13-/m1/s1. The predicted molar refractivity (Wildman–Crippen MR) is 89.0 cm³/mol. The van der Waals surface area contributed by atoms with Gasteiger partial charge in [-0.3, -0.25) is 9.36 Å². The van der Waals surface area contributed by atoms with E-state index < -0.39 is 6.10 Å². The summed E-state index contributed by atoms with van der Waals surface area (Å²) < 4.78 is 6.87. The van der Waals surface area contributed by atoms with E-state index in [0.29, 0.717) is 21.7 Å². The molecule has 23 heavy (non-hydrogen) atoms. The number of hydrogen-bond acceptors (Lipinski definition) is 4. The maximum Gasteiger partial charge on any atom is 0.261 e. The van der Waals surface area contributed by atoms with E-state index in [-0.39, 0.29) is 18.7 Å². The van der Waals surface area contributed by atoms with Crippen molar-refractivity contribution in [3.63, 3.8) is 0 Å². The molecule has 5 nitrogen and oxygen atoms in total. The number of nitrogens with zero attached hydrogens (tertiary/aromatic N) is 2. The minimum Gasteiger partial charge on any atom is -0.491 e. The van der Waals surface area contributed by atoms with E-state index >= 15 is 0 Å². The van der Waals surface area contributed by atoms with Gasteiger partial charge in [0.2, 0.25) is 0 Å². The second kappa shape index (κ2) is 6.81. The van der Waals surface area contributed by atoms with Gasteiger partial charge in [0, 0.05) is 5.02 Å². The summed E-state index contributed by atoms with van der Waals surface area (Å²) >= 11 is 5.80. The van der Waals surface area contributed by atoms with Crippen molar-refractivity contribution in [2.45, 2.75) is 12.6 Å². The molecule has 0 amide bonds. The highest BCUT2D eigenvalue weighted by molar-refractivity contribution is 6.30. The number of hydrogen-bond donors (Lipinski definition) is 1. The van der Waals surface area contributed by atoms with Crippen molar-refractivity contribution in [3.8, 4) is 5.75 Å². The number of halogens is 1. The monoisotopic (exact) mass is 330 g/mol. The summed E-state index contributed by atoms with van der Waals surface area (Å²) in [7, 11) is 0. The summed E-state index contributed by atoms with van der Waals surface area (Å²) in [5, 5.41) is 11.2. The van der Waals surface area contributed by atoms with Crippen molar-refractivity contribution in [1.29, 1.82) is 0 Å². The fraction of sp³-hybridized carbons (Fsp3) is 0.176. The summed E-state index contributed by atoms with van der Waals surface area (Å²) in [6, 6.07) is 14.0. The molecule has 1 aromatic heterocycles. The Hall–Kier alpha value is -2.37. The van der Waals surface area contributed by atoms with Crippen molar-refractivity contribution < 1.29 is 9.84 Å². The van der Waals surface area contributed by atoms with Crippen LogP contribution >= 0.6 is 11.6 Å². The average molecular weight is 331 g/mol. The normalized spacial score (nSPS) is 12.3. The number of fused-ring (bicyclic) bond motifs is 1. The minimum atomic E-state index is -0.827. The van der Waals surface area contributed by atoms with Gasteiger partial charge in [0.25, 0.3) is 5.56 Å². The van der Waals surface area contributed by atoms with E-state index in [9.17, 15) is 9.90 Å². The Morgan fingerprint density at radius 1 is 1.17 bits per heavy atom. The van der Waals surface area contributed by atoms with Gasteiger partial charge >= 0.3 is 0 Å². The first kappa shape index (κ1) is 15.5. The number of para-hydroxylation sites is 1. The molecule has 3 rings (SSSR count). The van der Waals surface area contributed by atoms with Crippen LogP contribution in [-0.4, -0.2) is 27.4 Å². The van der Waals surface area contributed by atoms with E-state index in [1.807, 2.05) is 6.07 Å². The van der Waals surface area contributed by atoms with Crippen LogP contribution in [0.1, 0.15) is 0 Å². The fourth-order valence-corrected chi connectivity index (χ4v) is 2.37. The molecule has 118 valence electrons. The average Bonchev–Trinajstić information content (AvgIpc) is 2.57. The number of aromatic nitrogens is 2. The number of aliphatic hydroxyl groups is 1. The van der Waals surface area contributed by atoms with Crippen molar-refractivity contribution in [2.75, 3.05) is 6.61 Å². The minimum absolute atomic E-state index is 0.0703. The van der Waals surface area contributed by atoms with Crippen LogP contribution in [0.25, 0.3) is 10.9 Å². The zero-order chi connectivity index (χ0) is 16.2. The molecular formula is C17H15ClN2O3. The molecule has 0 radical (unpaired) electrons. The van der Waals surface area contributed by atoms with Crippen molar-refractivity contribution in [2.24, 2.45) is 0 Å². The number of ether oxygens (including phenoxy) is 1. The van der Waals surface area contributed by atoms with Gasteiger partial charge in [-0.05, 0) is 36.4 Å². The van der Waals surface area contributed by atoms with Gasteiger partial charge in [-0.15, -0.1) is 0 Å². The maximum atomic E-state index is 12.3. The molecule has 0 unspecified atom stereocenters. The van der Waals surface area contributed by atoms with Crippen LogP contribution in [0.4, 0.5) is 0 Å². The highest BCUT2D eigenvalue weighted by Gasteiger charge is 2.10. The largest absolute Gasteiger partial charge is 0.491 e. The molecule has 0 aliphatic rings. The molecule has 1 atom stereocenters. The Labute approximate surface area is 137 Å². The van der Waals surface area contributed by atoms with E-state index in [2.05, 4.69) is 4.98 Å². The van der Waals surface area contributed by atoms with Crippen LogP contribution in [0.15, 0.2) is 59.7 Å². The van der Waals surface area contributed by atoms with Gasteiger partial charge in [-0.1, -0.05) is 23.7 Å². The van der Waals surface area contributed by atoms with Crippen LogP contribution in [0.5, 0.6) is 5.75 Å². The molecule has 3 aromatic rings. The summed E-state index contributed by atoms with van der Waals surface area (Å²) in [6.45, 7) is 0.186. The van der Waals surface area contributed by atoms with Gasteiger partial charge in [0.1, 0.15) is 18.5 Å². The first-order chi connectivity index (χ1) is 11.1. The summed E-state index contributed by atoms with van der Waals surface area (Å²) in [4.78, 5) is 16.6. The van der Waals surface area contributed by atoms with Crippen molar-refractivity contribution in [3.05, 3.63) is 70.2 Å². The molecule has 6 heteroatoms. The van der Waals surface area contributed by atoms with Gasteiger partial charge in [-0.2, -0.15) is 0 Å². The molecule has 0 saturated heterocycles. The Kier molecular flexibility index (Phi) is 4.60. The highest BCUT2D eigenvalue weighted by Crippen LogP contribution is 2.15. The molecule has 0 bridgehead atoms. The highest BCUT2D eigenvalue weighted by atomic mass is 35.5. The third kappa shape index (κ3) is 3.70. The molecule has 1 heterocycles. The fourth-order valence-electron chi connectivity index (χ4n) is 2.24. The smallest absolute Gasteiger partial charge is 0.261 e. The molecule has 0 saturated carbocycles. The topological polar surface area (TPSA) is 64.4 Å². The Balaban J connectivity index is 1.68. The van der Waals surface area contributed by atoms with Gasteiger partial charge < -0.3 is 9.84 Å². The van der Waals surface area contributed by atoms with Gasteiger partial charge in [-0.25, -0.2) is 4.98 Å². The summed E-state index contributed by atoms with van der Waals surface area (Å²) in [5.74, 6) is 0.609. The Bertz CT molecular complexity index is 862. The zero-order valence-electron chi connectivity index (χ0n) is 12.2. The van der Waals surface area contributed by atoms with Crippen LogP contribution < -0.4 is 10.3 Å². The zero-order valence-corrected chi connectivity index (χ0v) is 13.0. The lowest BCUT2D eigenvalue weighted by Gasteiger charge is -2.14. The lowest BCUT2D eigenvalue weighted by atomic mass is 10.2. The van der Waals surface area contributed by atoms with E-state index in [1.165, 1.54) is 10.9 Å². The van der Waals surface area contributed by atoms with Crippen LogP contribution in [0.3, 0.4) is 0 Å². The summed E-state index contributed by atoms with van der Waals surface area (Å²) in [6.07, 6.45) is 0.613. The predicted octanol–water partition coefficient (Wildman–Crippen LogP) is 2.49. The lowest BCUT2D eigenvalue weighted by molar-refractivity contribution is 0.0915. The van der Waals surface area contributed by atoms with E-state index in [4.69, 9.17) is 16.3 Å². The van der Waals surface area contributed by atoms with Crippen molar-refractivity contribution >= 4 is 22.5 Å². The Morgan fingerprint density at radius 3 is 2.70 bits per heavy atom. The SMILES string of the molecule is O=c1c2ccccc2ncn1C[C@@H](O)COc1ccc(Cl)cc1. The number of benzene rings is 2. The first-order valence-corrected chi connectivity index (χ1v) is 7.52. The second-order valence-corrected chi connectivity index (χ2v) is 5.57. The molecular weight excluding hydrogens is 316 g/mol. The molecule has 0 aliphatic carbocycles. The van der Waals surface area contributed by atoms with E-state index in [1.54, 1.807) is 42.5 Å².